The summed E-state index contributed by atoms with van der Waals surface area (Å²) in [5.74, 6) is 0.790. The van der Waals surface area contributed by atoms with Crippen molar-refractivity contribution in [3.05, 3.63) is 59.1 Å². The predicted molar refractivity (Wildman–Crippen MR) is 133 cm³/mol. The van der Waals surface area contributed by atoms with E-state index in [0.717, 1.165) is 5.56 Å². The molecule has 0 radical (unpaired) electrons. The number of fused-ring (bicyclic) bond motifs is 1. The number of hydrogen-bond donors (Lipinski definition) is 1. The number of carbonyl (C=O) groups is 3. The van der Waals surface area contributed by atoms with Gasteiger partial charge >= 0.3 is 0 Å². The van der Waals surface area contributed by atoms with Gasteiger partial charge in [-0.1, -0.05) is 35.9 Å². The quantitative estimate of drug-likeness (QED) is 0.700. The maximum absolute atomic E-state index is 13.2. The monoisotopic (exact) mass is 495 g/mol. The van der Waals surface area contributed by atoms with Crippen LogP contribution in [0.3, 0.4) is 0 Å². The first-order valence-electron chi connectivity index (χ1n) is 12.3. The van der Waals surface area contributed by atoms with E-state index in [9.17, 15) is 14.4 Å². The number of nitrogens with zero attached hydrogens (tertiary/aromatic N) is 2. The summed E-state index contributed by atoms with van der Waals surface area (Å²) in [5, 5.41) is 3.55. The molecule has 0 saturated carbocycles. The van der Waals surface area contributed by atoms with Crippen molar-refractivity contribution in [1.29, 1.82) is 0 Å². The van der Waals surface area contributed by atoms with E-state index in [-0.39, 0.29) is 30.1 Å². The van der Waals surface area contributed by atoms with Crippen molar-refractivity contribution in [3.63, 3.8) is 0 Å². The lowest BCUT2D eigenvalue weighted by molar-refractivity contribution is -0.143. The Morgan fingerprint density at radius 3 is 2.49 bits per heavy atom. The Morgan fingerprint density at radius 1 is 1.00 bits per heavy atom. The second-order valence-corrected chi connectivity index (χ2v) is 10.2. The molecule has 0 atom stereocenters. The molecule has 2 fully saturated rings. The Morgan fingerprint density at radius 2 is 1.74 bits per heavy atom. The lowest BCUT2D eigenvalue weighted by Gasteiger charge is -2.42. The second-order valence-electron chi connectivity index (χ2n) is 9.79. The number of amides is 3. The highest BCUT2D eigenvalue weighted by Gasteiger charge is 2.43. The van der Waals surface area contributed by atoms with Crippen LogP contribution in [0.4, 0.5) is 5.69 Å². The molecule has 2 aromatic rings. The van der Waals surface area contributed by atoms with Gasteiger partial charge < -0.3 is 19.9 Å². The third-order valence-electron chi connectivity index (χ3n) is 7.40. The van der Waals surface area contributed by atoms with Crippen LogP contribution in [0.5, 0.6) is 5.75 Å². The van der Waals surface area contributed by atoms with Crippen molar-refractivity contribution >= 4 is 35.0 Å². The maximum atomic E-state index is 13.2. The van der Waals surface area contributed by atoms with Gasteiger partial charge in [0, 0.05) is 50.0 Å². The van der Waals surface area contributed by atoms with Crippen LogP contribution in [0.2, 0.25) is 5.02 Å². The molecule has 3 heterocycles. The van der Waals surface area contributed by atoms with Gasteiger partial charge in [0.15, 0.2) is 0 Å². The summed E-state index contributed by atoms with van der Waals surface area (Å²) >= 11 is 6.03. The number of carbonyl (C=O) groups excluding carboxylic acids is 3. The minimum atomic E-state index is -0.580. The fourth-order valence-corrected chi connectivity index (χ4v) is 5.61. The Hall–Kier alpha value is -3.06. The molecule has 7 nitrogen and oxygen atoms in total. The van der Waals surface area contributed by atoms with Crippen molar-refractivity contribution in [2.75, 3.05) is 31.5 Å². The standard InChI is InChI=1S/C27H30ClN3O4/c28-21-5-3-4-19(16-21)17-25(33)30-12-8-20(9-13-30)26(34)31-14-10-27(11-15-31)18-24(32)29-22-6-1-2-7-23(22)35-27/h1-7,16,20H,8-15,17-18H2,(H,29,32). The molecule has 3 aliphatic rings. The van der Waals surface area contributed by atoms with Crippen LogP contribution in [-0.2, 0) is 20.8 Å². The Bertz CT molecular complexity index is 1120. The van der Waals surface area contributed by atoms with Crippen LogP contribution in [0.1, 0.15) is 37.7 Å². The van der Waals surface area contributed by atoms with Gasteiger partial charge in [-0.3, -0.25) is 14.4 Å². The Kier molecular flexibility index (Phi) is 6.69. The van der Waals surface area contributed by atoms with Gasteiger partial charge in [-0.2, -0.15) is 0 Å². The van der Waals surface area contributed by atoms with Crippen molar-refractivity contribution in [2.45, 2.75) is 44.1 Å². The zero-order valence-corrected chi connectivity index (χ0v) is 20.4. The molecule has 1 N–H and O–H groups in total. The van der Waals surface area contributed by atoms with E-state index in [4.69, 9.17) is 16.3 Å². The molecule has 2 aromatic carbocycles. The van der Waals surface area contributed by atoms with Crippen LogP contribution in [0, 0.1) is 5.92 Å². The summed E-state index contributed by atoms with van der Waals surface area (Å²) in [5.41, 5.74) is 1.02. The highest BCUT2D eigenvalue weighted by atomic mass is 35.5. The Balaban J connectivity index is 1.14. The number of hydrogen-bond acceptors (Lipinski definition) is 4. The lowest BCUT2D eigenvalue weighted by atomic mass is 9.86. The molecular formula is C27H30ClN3O4. The summed E-state index contributed by atoms with van der Waals surface area (Å²) in [7, 11) is 0. The number of ether oxygens (including phenoxy) is 1. The van der Waals surface area contributed by atoms with E-state index < -0.39 is 5.60 Å². The molecule has 184 valence electrons. The second kappa shape index (κ2) is 9.90. The highest BCUT2D eigenvalue weighted by Crippen LogP contribution is 2.38. The summed E-state index contributed by atoms with van der Waals surface area (Å²) in [6.07, 6.45) is 3.21. The molecule has 3 aliphatic heterocycles. The first kappa shape index (κ1) is 23.7. The molecule has 0 aromatic heterocycles. The third kappa shape index (κ3) is 5.30. The zero-order valence-electron chi connectivity index (χ0n) is 19.7. The smallest absolute Gasteiger partial charge is 0.228 e. The zero-order chi connectivity index (χ0) is 24.4. The van der Waals surface area contributed by atoms with E-state index >= 15 is 0 Å². The van der Waals surface area contributed by atoms with Gasteiger partial charge in [0.25, 0.3) is 0 Å². The molecule has 0 aliphatic carbocycles. The minimum Gasteiger partial charge on any atom is -0.484 e. The largest absolute Gasteiger partial charge is 0.484 e. The van der Waals surface area contributed by atoms with E-state index in [2.05, 4.69) is 5.32 Å². The molecular weight excluding hydrogens is 466 g/mol. The van der Waals surface area contributed by atoms with Gasteiger partial charge in [0.2, 0.25) is 17.7 Å². The number of likely N-dealkylation sites (tertiary alicyclic amines) is 2. The first-order chi connectivity index (χ1) is 16.9. The molecule has 0 unspecified atom stereocenters. The number of halogens is 1. The fraction of sp³-hybridized carbons (Fsp3) is 0.444. The summed E-state index contributed by atoms with van der Waals surface area (Å²) in [4.78, 5) is 42.2. The summed E-state index contributed by atoms with van der Waals surface area (Å²) in [6.45, 7) is 2.33. The van der Waals surface area contributed by atoms with Gasteiger partial charge in [-0.05, 0) is 42.7 Å². The van der Waals surface area contributed by atoms with Crippen molar-refractivity contribution < 1.29 is 19.1 Å². The van der Waals surface area contributed by atoms with Crippen molar-refractivity contribution in [3.8, 4) is 5.75 Å². The fourth-order valence-electron chi connectivity index (χ4n) is 5.40. The topological polar surface area (TPSA) is 79.0 Å². The van der Waals surface area contributed by atoms with Crippen LogP contribution >= 0.6 is 11.6 Å². The number of piperidine rings is 2. The molecule has 8 heteroatoms. The van der Waals surface area contributed by atoms with Crippen LogP contribution in [0.15, 0.2) is 48.5 Å². The number of para-hydroxylation sites is 2. The van der Waals surface area contributed by atoms with Crippen LogP contribution in [0.25, 0.3) is 0 Å². The van der Waals surface area contributed by atoms with Gasteiger partial charge in [-0.25, -0.2) is 0 Å². The van der Waals surface area contributed by atoms with E-state index in [1.807, 2.05) is 52.3 Å². The molecule has 3 amide bonds. The van der Waals surface area contributed by atoms with Gasteiger partial charge in [0.1, 0.15) is 11.4 Å². The summed E-state index contributed by atoms with van der Waals surface area (Å²) < 4.78 is 6.35. The molecule has 2 saturated heterocycles. The molecule has 1 spiro atoms. The molecule has 5 rings (SSSR count). The number of benzene rings is 2. The third-order valence-corrected chi connectivity index (χ3v) is 7.63. The van der Waals surface area contributed by atoms with Gasteiger partial charge in [0.05, 0.1) is 18.5 Å². The van der Waals surface area contributed by atoms with Crippen LogP contribution < -0.4 is 10.1 Å². The van der Waals surface area contributed by atoms with Crippen molar-refractivity contribution in [2.24, 2.45) is 5.92 Å². The van der Waals surface area contributed by atoms with Crippen molar-refractivity contribution in [1.82, 2.24) is 9.80 Å². The van der Waals surface area contributed by atoms with Crippen LogP contribution in [-0.4, -0.2) is 59.3 Å². The minimum absolute atomic E-state index is 0.0514. The number of rotatable bonds is 3. The van der Waals surface area contributed by atoms with E-state index in [1.54, 1.807) is 6.07 Å². The summed E-state index contributed by atoms with van der Waals surface area (Å²) in [6, 6.07) is 14.9. The average Bonchev–Trinajstić information content (AvgIpc) is 2.99. The number of anilines is 1. The highest BCUT2D eigenvalue weighted by molar-refractivity contribution is 6.30. The number of nitrogens with one attached hydrogen (secondary N) is 1. The van der Waals surface area contributed by atoms with E-state index in [0.29, 0.717) is 74.7 Å². The van der Waals surface area contributed by atoms with Gasteiger partial charge in [-0.15, -0.1) is 0 Å². The maximum Gasteiger partial charge on any atom is 0.228 e. The Labute approximate surface area is 210 Å². The van der Waals surface area contributed by atoms with E-state index in [1.165, 1.54) is 0 Å². The average molecular weight is 496 g/mol. The first-order valence-corrected chi connectivity index (χ1v) is 12.7. The predicted octanol–water partition coefficient (Wildman–Crippen LogP) is 3.90. The lowest BCUT2D eigenvalue weighted by Crippen LogP contribution is -2.52. The molecule has 0 bridgehead atoms. The molecule has 35 heavy (non-hydrogen) atoms. The SMILES string of the molecule is O=C1CC2(CCN(C(=O)C3CCN(C(=O)Cc4cccc(Cl)c4)CC3)CC2)Oc2ccccc2N1. The normalized spacial score (nSPS) is 20.0.